The number of hydrogen-bond donors (Lipinski definition) is 1. The van der Waals surface area contributed by atoms with Crippen molar-refractivity contribution in [3.05, 3.63) is 22.8 Å². The van der Waals surface area contributed by atoms with Crippen molar-refractivity contribution in [1.29, 1.82) is 0 Å². The molecule has 0 aliphatic carbocycles. The van der Waals surface area contributed by atoms with Crippen LogP contribution in [0.3, 0.4) is 0 Å². The van der Waals surface area contributed by atoms with Crippen molar-refractivity contribution in [3.8, 4) is 0 Å². The Kier molecular flexibility index (Phi) is 3.14. The van der Waals surface area contributed by atoms with Gasteiger partial charge in [0.1, 0.15) is 0 Å². The smallest absolute Gasteiger partial charge is 0.181 e. The fourth-order valence-electron chi connectivity index (χ4n) is 2.47. The van der Waals surface area contributed by atoms with E-state index in [1.54, 1.807) is 11.3 Å². The molecule has 0 aliphatic heterocycles. The lowest BCUT2D eigenvalue weighted by Crippen LogP contribution is -2.15. The Morgan fingerprint density at radius 1 is 1.28 bits per heavy atom. The number of rotatable bonds is 1. The average molecular weight is 262 g/mol. The largest absolute Gasteiger partial charge is 0.375 e. The van der Waals surface area contributed by atoms with E-state index < -0.39 is 0 Å². The molecule has 1 aromatic heterocycles. The molecule has 2 aromatic rings. The highest BCUT2D eigenvalue weighted by atomic mass is 32.1. The van der Waals surface area contributed by atoms with Crippen LogP contribution in [0.4, 0.5) is 5.13 Å². The number of fused-ring (bicyclic) bond motifs is 1. The van der Waals surface area contributed by atoms with Crippen LogP contribution < -0.4 is 5.73 Å². The van der Waals surface area contributed by atoms with Crippen molar-refractivity contribution in [1.82, 2.24) is 4.98 Å². The Balaban J connectivity index is 2.91. The third-order valence-electron chi connectivity index (χ3n) is 3.30. The first kappa shape index (κ1) is 13.3. The van der Waals surface area contributed by atoms with Crippen LogP contribution in [0.1, 0.15) is 57.2 Å². The Hall–Kier alpha value is -1.09. The predicted octanol–water partition coefficient (Wildman–Crippen LogP) is 4.61. The molecule has 1 heterocycles. The van der Waals surface area contributed by atoms with E-state index >= 15 is 0 Å². The maximum atomic E-state index is 5.90. The molecule has 2 rings (SSSR count). The van der Waals surface area contributed by atoms with Crippen molar-refractivity contribution < 1.29 is 0 Å². The number of thiazole rings is 1. The zero-order valence-corrected chi connectivity index (χ0v) is 12.9. The first-order valence-electron chi connectivity index (χ1n) is 6.41. The Bertz CT molecular complexity index is 589. The maximum Gasteiger partial charge on any atom is 0.181 e. The minimum Gasteiger partial charge on any atom is -0.375 e. The Morgan fingerprint density at radius 3 is 2.39 bits per heavy atom. The van der Waals surface area contributed by atoms with Crippen molar-refractivity contribution >= 4 is 26.7 Å². The van der Waals surface area contributed by atoms with Crippen LogP contribution in [-0.2, 0) is 5.41 Å². The second kappa shape index (κ2) is 4.23. The van der Waals surface area contributed by atoms with Gasteiger partial charge in [0, 0.05) is 0 Å². The molecule has 1 aromatic carbocycles. The maximum absolute atomic E-state index is 5.90. The molecule has 98 valence electrons. The Labute approximate surface area is 113 Å². The third kappa shape index (κ3) is 2.12. The molecule has 3 heteroatoms. The van der Waals surface area contributed by atoms with Crippen molar-refractivity contribution in [2.75, 3.05) is 5.73 Å². The van der Waals surface area contributed by atoms with Crippen LogP contribution in [0.5, 0.6) is 0 Å². The van der Waals surface area contributed by atoms with Crippen molar-refractivity contribution in [2.45, 2.75) is 52.9 Å². The summed E-state index contributed by atoms with van der Waals surface area (Å²) in [6.07, 6.45) is 0. The second-order valence-electron chi connectivity index (χ2n) is 6.29. The summed E-state index contributed by atoms with van der Waals surface area (Å²) < 4.78 is 1.27. The number of nitrogen functional groups attached to an aromatic ring is 1. The summed E-state index contributed by atoms with van der Waals surface area (Å²) in [5.41, 5.74) is 11.2. The number of benzene rings is 1. The van der Waals surface area contributed by atoms with Gasteiger partial charge in [0.15, 0.2) is 5.13 Å². The molecule has 0 spiro atoms. The molecule has 0 saturated heterocycles. The average Bonchev–Trinajstić information content (AvgIpc) is 2.57. The number of aromatic nitrogens is 1. The molecular formula is C15H22N2S. The minimum atomic E-state index is 0.150. The van der Waals surface area contributed by atoms with Gasteiger partial charge in [-0.25, -0.2) is 4.98 Å². The van der Waals surface area contributed by atoms with Gasteiger partial charge in [-0.05, 0) is 34.9 Å². The summed E-state index contributed by atoms with van der Waals surface area (Å²) in [4.78, 5) is 4.48. The third-order valence-corrected chi connectivity index (χ3v) is 4.22. The fourth-order valence-corrected chi connectivity index (χ4v) is 3.57. The standard InChI is InChI=1S/C15H22N2S/c1-8(2)11-10(15(4,5)6)7-9(3)12-13(11)18-14(16)17-12/h7-8H,1-6H3,(H2,16,17). The number of anilines is 1. The SMILES string of the molecule is Cc1cc(C(C)(C)C)c(C(C)C)c2sc(N)nc12. The van der Waals surface area contributed by atoms with Gasteiger partial charge in [-0.3, -0.25) is 0 Å². The first-order valence-corrected chi connectivity index (χ1v) is 7.23. The van der Waals surface area contributed by atoms with E-state index in [9.17, 15) is 0 Å². The van der Waals surface area contributed by atoms with Crippen molar-refractivity contribution in [2.24, 2.45) is 0 Å². The first-order chi connectivity index (χ1) is 8.21. The molecule has 0 aliphatic rings. The Morgan fingerprint density at radius 2 is 1.89 bits per heavy atom. The van der Waals surface area contributed by atoms with Gasteiger partial charge < -0.3 is 5.73 Å². The minimum absolute atomic E-state index is 0.150. The molecule has 2 N–H and O–H groups in total. The van der Waals surface area contributed by atoms with E-state index in [-0.39, 0.29) is 5.41 Å². The lowest BCUT2D eigenvalue weighted by Gasteiger charge is -2.26. The van der Waals surface area contributed by atoms with E-state index in [0.717, 1.165) is 5.52 Å². The van der Waals surface area contributed by atoms with Crippen LogP contribution >= 0.6 is 11.3 Å². The quantitative estimate of drug-likeness (QED) is 0.815. The molecule has 18 heavy (non-hydrogen) atoms. The molecule has 0 atom stereocenters. The highest BCUT2D eigenvalue weighted by molar-refractivity contribution is 7.22. The number of nitrogens with two attached hydrogens (primary N) is 1. The lowest BCUT2D eigenvalue weighted by molar-refractivity contribution is 0.578. The number of nitrogens with zero attached hydrogens (tertiary/aromatic N) is 1. The molecule has 0 unspecified atom stereocenters. The van der Waals surface area contributed by atoms with E-state index in [4.69, 9.17) is 5.73 Å². The fraction of sp³-hybridized carbons (Fsp3) is 0.533. The van der Waals surface area contributed by atoms with Gasteiger partial charge in [-0.1, -0.05) is 52.0 Å². The van der Waals surface area contributed by atoms with Gasteiger partial charge in [0.25, 0.3) is 0 Å². The van der Waals surface area contributed by atoms with Gasteiger partial charge >= 0.3 is 0 Å². The topological polar surface area (TPSA) is 38.9 Å². The predicted molar refractivity (Wildman–Crippen MR) is 81.6 cm³/mol. The summed E-state index contributed by atoms with van der Waals surface area (Å²) in [6.45, 7) is 13.4. The van der Waals surface area contributed by atoms with Crippen molar-refractivity contribution in [3.63, 3.8) is 0 Å². The molecule has 2 nitrogen and oxygen atoms in total. The summed E-state index contributed by atoms with van der Waals surface area (Å²) in [7, 11) is 0. The molecule has 0 radical (unpaired) electrons. The van der Waals surface area contributed by atoms with Gasteiger partial charge in [-0.15, -0.1) is 0 Å². The lowest BCUT2D eigenvalue weighted by atomic mass is 9.79. The summed E-state index contributed by atoms with van der Waals surface area (Å²) in [5.74, 6) is 0.488. The molecule has 0 saturated carbocycles. The van der Waals surface area contributed by atoms with Crippen LogP contribution in [0, 0.1) is 6.92 Å². The number of aryl methyl sites for hydroxylation is 1. The van der Waals surface area contributed by atoms with Crippen LogP contribution in [-0.4, -0.2) is 4.98 Å². The van der Waals surface area contributed by atoms with E-state index in [0.29, 0.717) is 11.0 Å². The monoisotopic (exact) mass is 262 g/mol. The zero-order valence-electron chi connectivity index (χ0n) is 12.1. The zero-order chi connectivity index (χ0) is 13.7. The highest BCUT2D eigenvalue weighted by Gasteiger charge is 2.24. The second-order valence-corrected chi connectivity index (χ2v) is 7.32. The highest BCUT2D eigenvalue weighted by Crippen LogP contribution is 2.40. The van der Waals surface area contributed by atoms with Crippen LogP contribution in [0.25, 0.3) is 10.2 Å². The van der Waals surface area contributed by atoms with Crippen LogP contribution in [0.2, 0.25) is 0 Å². The summed E-state index contributed by atoms with van der Waals surface area (Å²) in [5, 5.41) is 0.668. The number of hydrogen-bond acceptors (Lipinski definition) is 3. The van der Waals surface area contributed by atoms with Crippen LogP contribution in [0.15, 0.2) is 6.07 Å². The van der Waals surface area contributed by atoms with Gasteiger partial charge in [0.05, 0.1) is 10.2 Å². The van der Waals surface area contributed by atoms with Gasteiger partial charge in [0.2, 0.25) is 0 Å². The summed E-state index contributed by atoms with van der Waals surface area (Å²) in [6, 6.07) is 2.29. The molecular weight excluding hydrogens is 240 g/mol. The van der Waals surface area contributed by atoms with E-state index in [2.05, 4.69) is 52.6 Å². The summed E-state index contributed by atoms with van der Waals surface area (Å²) >= 11 is 1.62. The molecule has 0 amide bonds. The van der Waals surface area contributed by atoms with Gasteiger partial charge in [-0.2, -0.15) is 0 Å². The molecule has 0 bridgehead atoms. The molecule has 0 fully saturated rings. The van der Waals surface area contributed by atoms with E-state index in [1.807, 2.05) is 0 Å². The van der Waals surface area contributed by atoms with E-state index in [1.165, 1.54) is 21.4 Å². The normalized spacial score (nSPS) is 12.6.